The predicted molar refractivity (Wildman–Crippen MR) is 90.5 cm³/mol. The second-order valence-corrected chi connectivity index (χ2v) is 5.64. The number of ether oxygens (including phenoxy) is 1. The molecule has 2 atom stereocenters. The van der Waals surface area contributed by atoms with Crippen LogP contribution in [0.25, 0.3) is 11.0 Å². The highest BCUT2D eigenvalue weighted by atomic mass is 16.8. The summed E-state index contributed by atoms with van der Waals surface area (Å²) in [4.78, 5) is 5.54. The van der Waals surface area contributed by atoms with Crippen molar-refractivity contribution in [1.29, 1.82) is 0 Å². The van der Waals surface area contributed by atoms with Gasteiger partial charge in [0.25, 0.3) is 0 Å². The van der Waals surface area contributed by atoms with Crippen molar-refractivity contribution >= 4 is 16.7 Å². The Hall–Kier alpha value is -2.73. The summed E-state index contributed by atoms with van der Waals surface area (Å²) in [6.07, 6.45) is -0.409. The fourth-order valence-electron chi connectivity index (χ4n) is 2.98. The summed E-state index contributed by atoms with van der Waals surface area (Å²) in [6.45, 7) is 3.11. The second-order valence-electron chi connectivity index (χ2n) is 5.64. The maximum Gasteiger partial charge on any atom is 0.237 e. The van der Waals surface area contributed by atoms with E-state index in [0.717, 1.165) is 22.3 Å². The van der Waals surface area contributed by atoms with E-state index >= 15 is 0 Å². The summed E-state index contributed by atoms with van der Waals surface area (Å²) >= 11 is 0. The molecular weight excluding hydrogens is 304 g/mol. The molecule has 0 radical (unpaired) electrons. The van der Waals surface area contributed by atoms with Crippen LogP contribution in [0.4, 0.5) is 0 Å². The number of benzene rings is 2. The van der Waals surface area contributed by atoms with Crippen LogP contribution >= 0.6 is 0 Å². The molecule has 2 unspecified atom stereocenters. The zero-order valence-electron chi connectivity index (χ0n) is 13.4. The van der Waals surface area contributed by atoms with Crippen LogP contribution in [0, 0.1) is 5.92 Å². The molecule has 1 aliphatic rings. The normalized spacial score (nSPS) is 20.1. The van der Waals surface area contributed by atoms with Gasteiger partial charge in [0.05, 0.1) is 23.7 Å². The molecule has 1 aliphatic heterocycles. The van der Waals surface area contributed by atoms with Crippen molar-refractivity contribution in [3.05, 3.63) is 60.2 Å². The molecule has 0 N–H and O–H groups in total. The van der Waals surface area contributed by atoms with Crippen molar-refractivity contribution in [3.8, 4) is 0 Å². The van der Waals surface area contributed by atoms with Crippen LogP contribution in [-0.4, -0.2) is 33.6 Å². The minimum absolute atomic E-state index is 0.0440. The molecule has 0 saturated heterocycles. The van der Waals surface area contributed by atoms with E-state index in [1.807, 2.05) is 66.2 Å². The number of nitrogens with zero attached hydrogens (tertiary/aromatic N) is 4. The van der Waals surface area contributed by atoms with Crippen LogP contribution in [0.3, 0.4) is 0 Å². The lowest BCUT2D eigenvalue weighted by Crippen LogP contribution is -2.31. The average molecular weight is 322 g/mol. The van der Waals surface area contributed by atoms with Gasteiger partial charge in [0.2, 0.25) is 6.29 Å². The minimum Gasteiger partial charge on any atom is -0.363 e. The minimum atomic E-state index is -0.409. The zero-order valence-corrected chi connectivity index (χ0v) is 13.4. The fraction of sp³-hybridized carbons (Fsp3) is 0.278. The van der Waals surface area contributed by atoms with Crippen molar-refractivity contribution in [3.63, 3.8) is 0 Å². The molecule has 122 valence electrons. The summed E-state index contributed by atoms with van der Waals surface area (Å²) in [5, 5.41) is 12.8. The van der Waals surface area contributed by atoms with Gasteiger partial charge in [-0.1, -0.05) is 52.8 Å². The Balaban J connectivity index is 1.67. The maximum atomic E-state index is 5.73. The van der Waals surface area contributed by atoms with Crippen molar-refractivity contribution in [1.82, 2.24) is 15.0 Å². The molecule has 2 aromatic carbocycles. The number of aromatic nitrogens is 3. The molecular formula is C18H18N4O2. The summed E-state index contributed by atoms with van der Waals surface area (Å²) in [6, 6.07) is 17.9. The van der Waals surface area contributed by atoms with Crippen LogP contribution in [0.5, 0.6) is 0 Å². The van der Waals surface area contributed by atoms with Gasteiger partial charge in [-0.3, -0.25) is 0 Å². The molecule has 0 aliphatic carbocycles. The van der Waals surface area contributed by atoms with Crippen molar-refractivity contribution < 1.29 is 9.57 Å². The van der Waals surface area contributed by atoms with Gasteiger partial charge in [-0.15, -0.1) is 5.10 Å². The van der Waals surface area contributed by atoms with Crippen molar-refractivity contribution in [2.24, 2.45) is 11.1 Å². The van der Waals surface area contributed by atoms with E-state index in [1.54, 1.807) is 0 Å². The Bertz CT molecular complexity index is 860. The third kappa shape index (κ3) is 2.65. The maximum absolute atomic E-state index is 5.73. The number of rotatable bonds is 5. The van der Waals surface area contributed by atoms with Gasteiger partial charge >= 0.3 is 0 Å². The molecule has 1 aromatic heterocycles. The van der Waals surface area contributed by atoms with Gasteiger partial charge in [-0.2, -0.15) is 0 Å². The molecule has 6 heteroatoms. The van der Waals surface area contributed by atoms with E-state index in [2.05, 4.69) is 15.5 Å². The highest BCUT2D eigenvalue weighted by molar-refractivity contribution is 6.02. The molecule has 24 heavy (non-hydrogen) atoms. The molecule has 0 saturated carbocycles. The van der Waals surface area contributed by atoms with Crippen molar-refractivity contribution in [2.45, 2.75) is 19.8 Å². The van der Waals surface area contributed by atoms with E-state index < -0.39 is 6.29 Å². The predicted octanol–water partition coefficient (Wildman–Crippen LogP) is 2.84. The lowest BCUT2D eigenvalue weighted by Gasteiger charge is -2.18. The first-order valence-corrected chi connectivity index (χ1v) is 8.06. The molecule has 0 amide bonds. The van der Waals surface area contributed by atoms with Crippen LogP contribution < -0.4 is 0 Å². The van der Waals surface area contributed by atoms with E-state index in [4.69, 9.17) is 9.57 Å². The van der Waals surface area contributed by atoms with Gasteiger partial charge < -0.3 is 9.57 Å². The Morgan fingerprint density at radius 2 is 1.88 bits per heavy atom. The summed E-state index contributed by atoms with van der Waals surface area (Å²) < 4.78 is 7.62. The number of para-hydroxylation sites is 1. The average Bonchev–Trinajstić information content (AvgIpc) is 3.22. The first kappa shape index (κ1) is 14.8. The van der Waals surface area contributed by atoms with E-state index in [9.17, 15) is 0 Å². The topological polar surface area (TPSA) is 61.5 Å². The van der Waals surface area contributed by atoms with Gasteiger partial charge in [-0.05, 0) is 24.6 Å². The summed E-state index contributed by atoms with van der Waals surface area (Å²) in [5.74, 6) is -0.0440. The first-order chi connectivity index (χ1) is 11.9. The Labute approximate surface area is 139 Å². The number of hydrogen-bond donors (Lipinski definition) is 0. The smallest absolute Gasteiger partial charge is 0.237 e. The number of fused-ring (bicyclic) bond motifs is 1. The van der Waals surface area contributed by atoms with Crippen LogP contribution in [0.15, 0.2) is 59.8 Å². The standard InChI is InChI=1S/C18H18N4O2/c1-2-23-18-14(17(20-24-18)13-8-4-3-5-9-13)12-22-16-11-7-6-10-15(16)19-21-22/h3-11,14,18H,2,12H2,1H3. The number of hydrogen-bond acceptors (Lipinski definition) is 5. The third-order valence-electron chi connectivity index (χ3n) is 4.13. The molecule has 2 heterocycles. The largest absolute Gasteiger partial charge is 0.363 e. The first-order valence-electron chi connectivity index (χ1n) is 8.06. The number of oxime groups is 1. The van der Waals surface area contributed by atoms with Gasteiger partial charge in [-0.25, -0.2) is 4.68 Å². The van der Waals surface area contributed by atoms with Gasteiger partial charge in [0.1, 0.15) is 5.52 Å². The molecule has 4 rings (SSSR count). The quantitative estimate of drug-likeness (QED) is 0.724. The van der Waals surface area contributed by atoms with Crippen molar-refractivity contribution in [2.75, 3.05) is 6.61 Å². The van der Waals surface area contributed by atoms with E-state index in [-0.39, 0.29) is 5.92 Å². The van der Waals surface area contributed by atoms with Gasteiger partial charge in [0, 0.05) is 6.61 Å². The van der Waals surface area contributed by atoms with Gasteiger partial charge in [0.15, 0.2) is 0 Å². The van der Waals surface area contributed by atoms with E-state index in [1.165, 1.54) is 0 Å². The Kier molecular flexibility index (Phi) is 3.96. The highest BCUT2D eigenvalue weighted by Crippen LogP contribution is 2.26. The van der Waals surface area contributed by atoms with Crippen LogP contribution in [0.1, 0.15) is 12.5 Å². The Morgan fingerprint density at radius 1 is 1.08 bits per heavy atom. The molecule has 3 aromatic rings. The van der Waals surface area contributed by atoms with Crippen LogP contribution in [0.2, 0.25) is 0 Å². The summed E-state index contributed by atoms with van der Waals surface area (Å²) in [7, 11) is 0. The third-order valence-corrected chi connectivity index (χ3v) is 4.13. The Morgan fingerprint density at radius 3 is 2.71 bits per heavy atom. The molecule has 6 nitrogen and oxygen atoms in total. The molecule has 0 bridgehead atoms. The zero-order chi connectivity index (χ0) is 16.4. The fourth-order valence-corrected chi connectivity index (χ4v) is 2.98. The second kappa shape index (κ2) is 6.41. The highest BCUT2D eigenvalue weighted by Gasteiger charge is 2.36. The monoisotopic (exact) mass is 322 g/mol. The summed E-state index contributed by atoms with van der Waals surface area (Å²) in [5.41, 5.74) is 3.79. The SMILES string of the molecule is CCOC1ON=C(c2ccccc2)C1Cn1nnc2ccccc21. The van der Waals surface area contributed by atoms with Crippen LogP contribution in [-0.2, 0) is 16.1 Å². The van der Waals surface area contributed by atoms with E-state index in [0.29, 0.717) is 13.2 Å². The molecule has 0 fully saturated rings. The lowest BCUT2D eigenvalue weighted by molar-refractivity contribution is -0.143. The lowest BCUT2D eigenvalue weighted by atomic mass is 9.96. The molecule has 0 spiro atoms.